The third-order valence-corrected chi connectivity index (χ3v) is 3.64. The Morgan fingerprint density at radius 1 is 1.30 bits per heavy atom. The maximum absolute atomic E-state index is 13.2. The molecule has 1 N–H and O–H groups in total. The van der Waals surface area contributed by atoms with E-state index < -0.39 is 5.82 Å². The standard InChI is InChI=1S/C18H18FN3O/c1-3-22(12-14-7-5-4-6-13(14)2)18(23)21-17-9-8-16(19)10-15(17)11-20/h4-10H,3,12H2,1-2H3,(H,21,23). The van der Waals surface area contributed by atoms with Crippen LogP contribution in [-0.2, 0) is 6.54 Å². The highest BCUT2D eigenvalue weighted by atomic mass is 19.1. The Morgan fingerprint density at radius 3 is 2.70 bits per heavy atom. The van der Waals surface area contributed by atoms with Crippen LogP contribution < -0.4 is 5.32 Å². The van der Waals surface area contributed by atoms with E-state index in [0.29, 0.717) is 18.8 Å². The molecule has 0 aliphatic carbocycles. The van der Waals surface area contributed by atoms with Gasteiger partial charge in [-0.1, -0.05) is 24.3 Å². The first-order valence-corrected chi connectivity index (χ1v) is 7.35. The summed E-state index contributed by atoms with van der Waals surface area (Å²) in [4.78, 5) is 14.1. The van der Waals surface area contributed by atoms with Crippen LogP contribution in [0.4, 0.5) is 14.9 Å². The van der Waals surface area contributed by atoms with Gasteiger partial charge < -0.3 is 10.2 Å². The third-order valence-electron chi connectivity index (χ3n) is 3.64. The number of benzene rings is 2. The molecule has 0 aliphatic heterocycles. The molecular weight excluding hydrogens is 293 g/mol. The largest absolute Gasteiger partial charge is 0.322 e. The highest BCUT2D eigenvalue weighted by molar-refractivity contribution is 5.90. The number of nitrogens with one attached hydrogen (secondary N) is 1. The van der Waals surface area contributed by atoms with Gasteiger partial charge in [-0.25, -0.2) is 9.18 Å². The van der Waals surface area contributed by atoms with Crippen molar-refractivity contribution in [2.75, 3.05) is 11.9 Å². The molecule has 0 spiro atoms. The van der Waals surface area contributed by atoms with Crippen LogP contribution in [0, 0.1) is 24.1 Å². The molecule has 2 aromatic rings. The zero-order valence-corrected chi connectivity index (χ0v) is 13.1. The van der Waals surface area contributed by atoms with E-state index in [-0.39, 0.29) is 11.6 Å². The summed E-state index contributed by atoms with van der Waals surface area (Å²) in [5.74, 6) is -0.508. The van der Waals surface area contributed by atoms with E-state index in [1.54, 1.807) is 4.90 Å². The van der Waals surface area contributed by atoms with Crippen LogP contribution >= 0.6 is 0 Å². The number of hydrogen-bond acceptors (Lipinski definition) is 2. The Morgan fingerprint density at radius 2 is 2.04 bits per heavy atom. The smallest absolute Gasteiger partial charge is 0.320 e. The van der Waals surface area contributed by atoms with Gasteiger partial charge in [0, 0.05) is 13.1 Å². The SMILES string of the molecule is CCN(Cc1ccccc1C)C(=O)Nc1ccc(F)cc1C#N. The van der Waals surface area contributed by atoms with E-state index in [4.69, 9.17) is 5.26 Å². The second-order valence-corrected chi connectivity index (χ2v) is 5.17. The molecule has 0 unspecified atom stereocenters. The van der Waals surface area contributed by atoms with Crippen molar-refractivity contribution in [3.63, 3.8) is 0 Å². The van der Waals surface area contributed by atoms with Crippen molar-refractivity contribution < 1.29 is 9.18 Å². The van der Waals surface area contributed by atoms with Crippen LogP contribution in [0.3, 0.4) is 0 Å². The van der Waals surface area contributed by atoms with Crippen LogP contribution in [0.5, 0.6) is 0 Å². The van der Waals surface area contributed by atoms with E-state index in [0.717, 1.165) is 17.2 Å². The molecule has 0 aromatic heterocycles. The van der Waals surface area contributed by atoms with Crippen molar-refractivity contribution in [2.24, 2.45) is 0 Å². The maximum Gasteiger partial charge on any atom is 0.322 e. The van der Waals surface area contributed by atoms with Crippen LogP contribution in [-0.4, -0.2) is 17.5 Å². The van der Waals surface area contributed by atoms with Gasteiger partial charge >= 0.3 is 6.03 Å². The number of anilines is 1. The minimum absolute atomic E-state index is 0.102. The number of nitrogens with zero attached hydrogens (tertiary/aromatic N) is 2. The fourth-order valence-electron chi connectivity index (χ4n) is 2.23. The Balaban J connectivity index is 2.15. The monoisotopic (exact) mass is 311 g/mol. The molecule has 5 heteroatoms. The predicted octanol–water partition coefficient (Wildman–Crippen LogP) is 4.06. The van der Waals surface area contributed by atoms with Crippen molar-refractivity contribution in [1.82, 2.24) is 4.90 Å². The normalized spacial score (nSPS) is 10.0. The van der Waals surface area contributed by atoms with Gasteiger partial charge in [-0.05, 0) is 43.2 Å². The fourth-order valence-corrected chi connectivity index (χ4v) is 2.23. The van der Waals surface area contributed by atoms with Gasteiger partial charge in [0.05, 0.1) is 11.3 Å². The average Bonchev–Trinajstić information content (AvgIpc) is 2.55. The Hall–Kier alpha value is -2.87. The zero-order valence-electron chi connectivity index (χ0n) is 13.1. The first kappa shape index (κ1) is 16.5. The molecule has 0 bridgehead atoms. The average molecular weight is 311 g/mol. The summed E-state index contributed by atoms with van der Waals surface area (Å²) >= 11 is 0. The fraction of sp³-hybridized carbons (Fsp3) is 0.222. The maximum atomic E-state index is 13.2. The van der Waals surface area contributed by atoms with Crippen LogP contribution in [0.25, 0.3) is 0 Å². The number of halogens is 1. The number of nitriles is 1. The van der Waals surface area contributed by atoms with Crippen LogP contribution in [0.2, 0.25) is 0 Å². The van der Waals surface area contributed by atoms with E-state index in [2.05, 4.69) is 5.32 Å². The van der Waals surface area contributed by atoms with E-state index >= 15 is 0 Å². The molecule has 0 saturated carbocycles. The van der Waals surface area contributed by atoms with Crippen molar-refractivity contribution >= 4 is 11.7 Å². The van der Waals surface area contributed by atoms with Crippen molar-refractivity contribution in [2.45, 2.75) is 20.4 Å². The molecule has 0 fully saturated rings. The highest BCUT2D eigenvalue weighted by Crippen LogP contribution is 2.17. The second kappa shape index (κ2) is 7.41. The van der Waals surface area contributed by atoms with Gasteiger partial charge in [0.25, 0.3) is 0 Å². The lowest BCUT2D eigenvalue weighted by Gasteiger charge is -2.22. The van der Waals surface area contributed by atoms with Gasteiger partial charge in [-0.2, -0.15) is 5.26 Å². The number of carbonyl (C=O) groups is 1. The third kappa shape index (κ3) is 4.07. The van der Waals surface area contributed by atoms with Crippen LogP contribution in [0.15, 0.2) is 42.5 Å². The predicted molar refractivity (Wildman–Crippen MR) is 87.4 cm³/mol. The van der Waals surface area contributed by atoms with Gasteiger partial charge in [-0.3, -0.25) is 0 Å². The summed E-state index contributed by atoms with van der Waals surface area (Å²) in [6.07, 6.45) is 0. The lowest BCUT2D eigenvalue weighted by atomic mass is 10.1. The topological polar surface area (TPSA) is 56.1 Å². The zero-order chi connectivity index (χ0) is 16.8. The van der Waals surface area contributed by atoms with Gasteiger partial charge in [0.15, 0.2) is 0 Å². The molecule has 0 heterocycles. The minimum Gasteiger partial charge on any atom is -0.320 e. The molecule has 4 nitrogen and oxygen atoms in total. The molecule has 0 aliphatic rings. The van der Waals surface area contributed by atoms with Gasteiger partial charge in [-0.15, -0.1) is 0 Å². The summed E-state index contributed by atoms with van der Waals surface area (Å²) in [7, 11) is 0. The molecular formula is C18H18FN3O. The van der Waals surface area contributed by atoms with Crippen molar-refractivity contribution in [3.05, 3.63) is 65.0 Å². The van der Waals surface area contributed by atoms with E-state index in [9.17, 15) is 9.18 Å². The quantitative estimate of drug-likeness (QED) is 0.925. The molecule has 2 aromatic carbocycles. The first-order valence-electron chi connectivity index (χ1n) is 7.35. The Bertz CT molecular complexity index is 752. The molecule has 2 amide bonds. The van der Waals surface area contributed by atoms with E-state index in [1.165, 1.54) is 12.1 Å². The molecule has 2 rings (SSSR count). The minimum atomic E-state index is -0.508. The summed E-state index contributed by atoms with van der Waals surface area (Å²) in [6.45, 7) is 4.86. The summed E-state index contributed by atoms with van der Waals surface area (Å²) in [5.41, 5.74) is 2.58. The summed E-state index contributed by atoms with van der Waals surface area (Å²) in [6, 6.07) is 13.1. The number of urea groups is 1. The summed E-state index contributed by atoms with van der Waals surface area (Å²) < 4.78 is 13.2. The Labute approximate surface area is 135 Å². The lowest BCUT2D eigenvalue weighted by molar-refractivity contribution is 0.212. The van der Waals surface area contributed by atoms with Gasteiger partial charge in [0.1, 0.15) is 11.9 Å². The molecule has 118 valence electrons. The number of carbonyl (C=O) groups excluding carboxylic acids is 1. The second-order valence-electron chi connectivity index (χ2n) is 5.17. The number of hydrogen-bond donors (Lipinski definition) is 1. The Kier molecular flexibility index (Phi) is 5.32. The number of aryl methyl sites for hydroxylation is 1. The molecule has 23 heavy (non-hydrogen) atoms. The van der Waals surface area contributed by atoms with Crippen molar-refractivity contribution in [1.29, 1.82) is 5.26 Å². The summed E-state index contributed by atoms with van der Waals surface area (Å²) in [5, 5.41) is 11.7. The van der Waals surface area contributed by atoms with Crippen LogP contribution in [0.1, 0.15) is 23.6 Å². The van der Waals surface area contributed by atoms with E-state index in [1.807, 2.05) is 44.2 Å². The molecule has 0 saturated heterocycles. The first-order chi connectivity index (χ1) is 11.0. The van der Waals surface area contributed by atoms with Crippen molar-refractivity contribution in [3.8, 4) is 6.07 Å². The lowest BCUT2D eigenvalue weighted by Crippen LogP contribution is -2.34. The molecule has 0 radical (unpaired) electrons. The van der Waals surface area contributed by atoms with Gasteiger partial charge in [0.2, 0.25) is 0 Å². The molecule has 0 atom stereocenters. The number of amides is 2. The highest BCUT2D eigenvalue weighted by Gasteiger charge is 2.15. The number of rotatable bonds is 4.